The van der Waals surface area contributed by atoms with E-state index < -0.39 is 22.3 Å². The molecule has 0 saturated heterocycles. The zero-order chi connectivity index (χ0) is 21.8. The number of alkyl halides is 2. The molecule has 0 unspecified atom stereocenters. The highest BCUT2D eigenvalue weighted by molar-refractivity contribution is 7.90. The van der Waals surface area contributed by atoms with Crippen LogP contribution in [0.3, 0.4) is 0 Å². The Morgan fingerprint density at radius 3 is 2.61 bits per heavy atom. The Hall–Kier alpha value is -2.40. The minimum absolute atomic E-state index is 0.0721. The van der Waals surface area contributed by atoms with E-state index >= 15 is 0 Å². The smallest absolute Gasteiger partial charge is 0.314 e. The molecule has 2 aromatic rings. The van der Waals surface area contributed by atoms with Gasteiger partial charge in [-0.05, 0) is 43.4 Å². The molecule has 2 fully saturated rings. The third kappa shape index (κ3) is 3.84. The van der Waals surface area contributed by atoms with Gasteiger partial charge in [0.1, 0.15) is 0 Å². The Morgan fingerprint density at radius 2 is 1.90 bits per heavy atom. The zero-order valence-electron chi connectivity index (χ0n) is 16.6. The van der Waals surface area contributed by atoms with Crippen molar-refractivity contribution in [1.29, 1.82) is 0 Å². The summed E-state index contributed by atoms with van der Waals surface area (Å²) < 4.78 is 58.3. The molecular formula is C20H22F2N4O4S. The van der Waals surface area contributed by atoms with Gasteiger partial charge in [-0.25, -0.2) is 13.1 Å². The molecule has 2 aliphatic carbocycles. The van der Waals surface area contributed by atoms with Gasteiger partial charge in [-0.3, -0.25) is 4.79 Å². The number of sulfonamides is 1. The minimum Gasteiger partial charge on any atom is -0.415 e. The number of hydrogen-bond acceptors (Lipinski definition) is 6. The number of hydrogen-bond donors (Lipinski definition) is 1. The van der Waals surface area contributed by atoms with Crippen LogP contribution in [0.5, 0.6) is 0 Å². The molecular weight excluding hydrogens is 430 g/mol. The first-order valence-electron chi connectivity index (χ1n) is 10.4. The molecule has 1 aromatic heterocycles. The summed E-state index contributed by atoms with van der Waals surface area (Å²) in [4.78, 5) is 14.9. The molecule has 5 rings (SSSR count). The fraction of sp³-hybridized carbons (Fsp3) is 0.550. The quantitative estimate of drug-likeness (QED) is 0.722. The Balaban J connectivity index is 1.38. The number of carbonyl (C=O) groups excluding carboxylic acids is 1. The van der Waals surface area contributed by atoms with Gasteiger partial charge in [0, 0.05) is 29.8 Å². The summed E-state index contributed by atoms with van der Waals surface area (Å²) in [5.74, 6) is -1.04. The van der Waals surface area contributed by atoms with E-state index in [0.717, 1.165) is 24.8 Å². The number of rotatable bonds is 6. The summed E-state index contributed by atoms with van der Waals surface area (Å²) in [6.45, 7) is 0.382. The van der Waals surface area contributed by atoms with Crippen molar-refractivity contribution in [2.75, 3.05) is 0 Å². The molecule has 0 spiro atoms. The van der Waals surface area contributed by atoms with Crippen LogP contribution in [0.4, 0.5) is 8.78 Å². The van der Waals surface area contributed by atoms with E-state index in [1.165, 1.54) is 0 Å². The lowest BCUT2D eigenvalue weighted by molar-refractivity contribution is 0.0620. The number of amides is 1. The van der Waals surface area contributed by atoms with Crippen molar-refractivity contribution in [3.05, 3.63) is 35.2 Å². The fourth-order valence-corrected chi connectivity index (χ4v) is 6.12. The second kappa shape index (κ2) is 7.63. The van der Waals surface area contributed by atoms with Crippen molar-refractivity contribution in [2.24, 2.45) is 0 Å². The molecule has 2 atom stereocenters. The highest BCUT2D eigenvalue weighted by atomic mass is 32.2. The van der Waals surface area contributed by atoms with Gasteiger partial charge in [-0.1, -0.05) is 18.9 Å². The van der Waals surface area contributed by atoms with Crippen LogP contribution >= 0.6 is 0 Å². The normalized spacial score (nSPS) is 24.1. The second-order valence-electron chi connectivity index (χ2n) is 8.37. The Morgan fingerprint density at radius 1 is 1.13 bits per heavy atom. The lowest BCUT2D eigenvalue weighted by Gasteiger charge is -2.38. The third-order valence-corrected chi connectivity index (χ3v) is 8.21. The van der Waals surface area contributed by atoms with E-state index in [1.54, 1.807) is 23.1 Å². The van der Waals surface area contributed by atoms with Crippen LogP contribution in [0.1, 0.15) is 66.8 Å². The molecule has 0 bridgehead atoms. The number of fused-ring (bicyclic) bond motifs is 1. The van der Waals surface area contributed by atoms with Gasteiger partial charge in [0.15, 0.2) is 0 Å². The van der Waals surface area contributed by atoms with Crippen LogP contribution < -0.4 is 4.72 Å². The van der Waals surface area contributed by atoms with Crippen LogP contribution in [0, 0.1) is 0 Å². The van der Waals surface area contributed by atoms with Gasteiger partial charge in [0.2, 0.25) is 15.9 Å². The number of halogens is 2. The van der Waals surface area contributed by atoms with Crippen molar-refractivity contribution in [2.45, 2.75) is 68.8 Å². The first-order chi connectivity index (χ1) is 14.8. The first-order valence-corrected chi connectivity index (χ1v) is 11.9. The van der Waals surface area contributed by atoms with E-state index in [9.17, 15) is 22.0 Å². The van der Waals surface area contributed by atoms with Crippen LogP contribution in [-0.4, -0.2) is 46.8 Å². The molecule has 0 radical (unpaired) electrons. The van der Waals surface area contributed by atoms with Crippen LogP contribution in [0.2, 0.25) is 0 Å². The van der Waals surface area contributed by atoms with Crippen molar-refractivity contribution < 1.29 is 26.4 Å². The van der Waals surface area contributed by atoms with Crippen LogP contribution in [-0.2, 0) is 16.6 Å². The number of benzene rings is 1. The van der Waals surface area contributed by atoms with E-state index in [-0.39, 0.29) is 29.1 Å². The molecule has 1 N–H and O–H groups in total. The standard InChI is InChI=1S/C20H22F2N4O4S/c21-17(22)19-24-23-18(30-19)11-5-6-12-10-26(20(27)14(12)9-11)16-4-2-1-3-15(16)25-31(28,29)13-7-8-13/h5-6,9,13,15-17,25H,1-4,7-8,10H2/t15-,16-/m1/s1. The highest BCUT2D eigenvalue weighted by Gasteiger charge is 2.42. The maximum atomic E-state index is 13.2. The third-order valence-electron chi connectivity index (χ3n) is 6.22. The topological polar surface area (TPSA) is 105 Å². The molecule has 1 aromatic carbocycles. The SMILES string of the molecule is O=C1c2cc(-c3nnc(C(F)F)o3)ccc2CN1[C@@H]1CCCC[C@H]1NS(=O)(=O)C1CC1. The monoisotopic (exact) mass is 452 g/mol. The predicted molar refractivity (Wildman–Crippen MR) is 106 cm³/mol. The average molecular weight is 452 g/mol. The summed E-state index contributed by atoms with van der Waals surface area (Å²) in [6, 6.07) is 4.46. The summed E-state index contributed by atoms with van der Waals surface area (Å²) in [5, 5.41) is 6.66. The summed E-state index contributed by atoms with van der Waals surface area (Å²) in [7, 11) is -3.36. The molecule has 1 aliphatic heterocycles. The lowest BCUT2D eigenvalue weighted by Crippen LogP contribution is -2.53. The highest BCUT2D eigenvalue weighted by Crippen LogP contribution is 2.35. The fourth-order valence-electron chi connectivity index (χ4n) is 4.47. The molecule has 8 nitrogen and oxygen atoms in total. The summed E-state index contributed by atoms with van der Waals surface area (Å²) in [6.07, 6.45) is 1.77. The minimum atomic E-state index is -3.36. The molecule has 2 saturated carbocycles. The number of nitrogens with one attached hydrogen (secondary N) is 1. The van der Waals surface area contributed by atoms with E-state index in [1.807, 2.05) is 0 Å². The zero-order valence-corrected chi connectivity index (χ0v) is 17.4. The largest absolute Gasteiger partial charge is 0.415 e. The van der Waals surface area contributed by atoms with Gasteiger partial charge in [0.05, 0.1) is 5.25 Å². The molecule has 1 amide bonds. The molecule has 2 heterocycles. The van der Waals surface area contributed by atoms with E-state index in [0.29, 0.717) is 36.9 Å². The van der Waals surface area contributed by atoms with E-state index in [2.05, 4.69) is 14.9 Å². The number of carbonyl (C=O) groups is 1. The van der Waals surface area contributed by atoms with Gasteiger partial charge < -0.3 is 9.32 Å². The van der Waals surface area contributed by atoms with Crippen molar-refractivity contribution >= 4 is 15.9 Å². The Labute approximate surface area is 178 Å². The van der Waals surface area contributed by atoms with Crippen LogP contribution in [0.25, 0.3) is 11.5 Å². The summed E-state index contributed by atoms with van der Waals surface area (Å²) in [5.41, 5.74) is 1.64. The molecule has 11 heteroatoms. The van der Waals surface area contributed by atoms with Gasteiger partial charge >= 0.3 is 6.43 Å². The predicted octanol–water partition coefficient (Wildman–Crippen LogP) is 3.02. The average Bonchev–Trinajstić information content (AvgIpc) is 3.41. The molecule has 31 heavy (non-hydrogen) atoms. The Bertz CT molecular complexity index is 1120. The van der Waals surface area contributed by atoms with Gasteiger partial charge in [-0.15, -0.1) is 10.2 Å². The lowest BCUT2D eigenvalue weighted by atomic mass is 9.90. The van der Waals surface area contributed by atoms with Gasteiger partial charge in [0.25, 0.3) is 11.8 Å². The first kappa shape index (κ1) is 20.5. The second-order valence-corrected chi connectivity index (χ2v) is 10.4. The van der Waals surface area contributed by atoms with Crippen LogP contribution in [0.15, 0.2) is 22.6 Å². The molecule has 3 aliphatic rings. The van der Waals surface area contributed by atoms with E-state index in [4.69, 9.17) is 4.42 Å². The summed E-state index contributed by atoms with van der Waals surface area (Å²) >= 11 is 0. The number of nitrogens with zero attached hydrogens (tertiary/aromatic N) is 3. The Kier molecular flexibility index (Phi) is 5.04. The maximum Gasteiger partial charge on any atom is 0.314 e. The van der Waals surface area contributed by atoms with Crippen molar-refractivity contribution in [1.82, 2.24) is 19.8 Å². The van der Waals surface area contributed by atoms with Crippen molar-refractivity contribution in [3.63, 3.8) is 0 Å². The maximum absolute atomic E-state index is 13.2. The van der Waals surface area contributed by atoms with Gasteiger partial charge in [-0.2, -0.15) is 8.78 Å². The number of aromatic nitrogens is 2. The van der Waals surface area contributed by atoms with Crippen molar-refractivity contribution in [3.8, 4) is 11.5 Å². The molecule has 166 valence electrons.